The molecule has 132 valence electrons. The lowest BCUT2D eigenvalue weighted by molar-refractivity contribution is -0.123. The fourth-order valence-corrected chi connectivity index (χ4v) is 4.69. The molecule has 4 rings (SSSR count). The van der Waals surface area contributed by atoms with Crippen LogP contribution in [0.3, 0.4) is 0 Å². The molecule has 1 aliphatic heterocycles. The van der Waals surface area contributed by atoms with Crippen LogP contribution in [0.1, 0.15) is 29.7 Å². The molecule has 1 saturated carbocycles. The fraction of sp³-hybridized carbons (Fsp3) is 0.450. The first-order valence-electron chi connectivity index (χ1n) is 9.06. The summed E-state index contributed by atoms with van der Waals surface area (Å²) in [6.07, 6.45) is 4.24. The fourth-order valence-electron chi connectivity index (χ4n) is 3.80. The Hall–Kier alpha value is -1.85. The maximum atomic E-state index is 12.5. The highest BCUT2D eigenvalue weighted by Gasteiger charge is 2.31. The van der Waals surface area contributed by atoms with E-state index in [1.165, 1.54) is 10.4 Å². The topological polar surface area (TPSA) is 41.6 Å². The molecule has 2 atom stereocenters. The predicted molar refractivity (Wildman–Crippen MR) is 99.9 cm³/mol. The molecule has 2 aliphatic rings. The number of carbonyl (C=O) groups is 1. The summed E-state index contributed by atoms with van der Waals surface area (Å²) in [7, 11) is 0. The number of amides is 1. The molecule has 0 spiro atoms. The monoisotopic (exact) mass is 356 g/mol. The Morgan fingerprint density at radius 3 is 3.00 bits per heavy atom. The Bertz CT molecular complexity index is 715. The van der Waals surface area contributed by atoms with E-state index in [4.69, 9.17) is 4.74 Å². The number of benzene rings is 1. The van der Waals surface area contributed by atoms with Gasteiger partial charge in [0.1, 0.15) is 11.9 Å². The van der Waals surface area contributed by atoms with Crippen molar-refractivity contribution in [3.63, 3.8) is 0 Å². The first-order valence-corrected chi connectivity index (χ1v) is 9.94. The van der Waals surface area contributed by atoms with Crippen LogP contribution < -0.4 is 10.1 Å². The lowest BCUT2D eigenvalue weighted by Crippen LogP contribution is -2.47. The quantitative estimate of drug-likeness (QED) is 0.894. The summed E-state index contributed by atoms with van der Waals surface area (Å²) < 4.78 is 6.09. The van der Waals surface area contributed by atoms with E-state index in [9.17, 15) is 4.79 Å². The number of para-hydroxylation sites is 1. The van der Waals surface area contributed by atoms with E-state index in [0.717, 1.165) is 44.5 Å². The minimum Gasteiger partial charge on any atom is -0.488 e. The molecule has 0 bridgehead atoms. The molecule has 1 N–H and O–H groups in total. The third kappa shape index (κ3) is 4.05. The predicted octanol–water partition coefficient (Wildman–Crippen LogP) is 3.22. The molecule has 0 unspecified atom stereocenters. The van der Waals surface area contributed by atoms with Gasteiger partial charge >= 0.3 is 0 Å². The molecule has 1 amide bonds. The van der Waals surface area contributed by atoms with Gasteiger partial charge in [-0.3, -0.25) is 9.69 Å². The first-order chi connectivity index (χ1) is 12.3. The Morgan fingerprint density at radius 2 is 2.12 bits per heavy atom. The number of ether oxygens (including phenoxy) is 1. The SMILES string of the molecule is O=C(CN1CCc2sccc2C1)N[C@H]1CCC[C@@H]1Oc1ccccc1. The molecule has 2 aromatic rings. The highest BCUT2D eigenvalue weighted by atomic mass is 32.1. The summed E-state index contributed by atoms with van der Waals surface area (Å²) >= 11 is 1.83. The zero-order valence-corrected chi connectivity index (χ0v) is 15.1. The highest BCUT2D eigenvalue weighted by molar-refractivity contribution is 7.10. The second-order valence-electron chi connectivity index (χ2n) is 6.90. The van der Waals surface area contributed by atoms with Gasteiger partial charge in [-0.15, -0.1) is 11.3 Å². The third-order valence-corrected chi connectivity index (χ3v) is 6.11. The van der Waals surface area contributed by atoms with Crippen molar-refractivity contribution >= 4 is 17.2 Å². The Kier molecular flexibility index (Phi) is 5.04. The highest BCUT2D eigenvalue weighted by Crippen LogP contribution is 2.26. The van der Waals surface area contributed by atoms with Crippen molar-refractivity contribution in [1.29, 1.82) is 0 Å². The third-order valence-electron chi connectivity index (χ3n) is 5.08. The molecule has 5 heteroatoms. The summed E-state index contributed by atoms with van der Waals surface area (Å²) in [5.41, 5.74) is 1.38. The number of nitrogens with zero attached hydrogens (tertiary/aromatic N) is 1. The number of hydrogen-bond acceptors (Lipinski definition) is 4. The summed E-state index contributed by atoms with van der Waals surface area (Å²) in [4.78, 5) is 16.2. The van der Waals surface area contributed by atoms with Crippen LogP contribution >= 0.6 is 11.3 Å². The molecular weight excluding hydrogens is 332 g/mol. The summed E-state index contributed by atoms with van der Waals surface area (Å²) in [5.74, 6) is 1.00. The van der Waals surface area contributed by atoms with Crippen molar-refractivity contribution in [2.75, 3.05) is 13.1 Å². The normalized spacial score (nSPS) is 23.2. The number of fused-ring (bicyclic) bond motifs is 1. The Balaban J connectivity index is 1.30. The largest absolute Gasteiger partial charge is 0.488 e. The molecule has 0 saturated heterocycles. The van der Waals surface area contributed by atoms with Crippen molar-refractivity contribution in [3.8, 4) is 5.75 Å². The van der Waals surface area contributed by atoms with Gasteiger partial charge in [0, 0.05) is 18.0 Å². The van der Waals surface area contributed by atoms with Gasteiger partial charge in [-0.1, -0.05) is 18.2 Å². The van der Waals surface area contributed by atoms with Crippen LogP contribution in [0.2, 0.25) is 0 Å². The smallest absolute Gasteiger partial charge is 0.234 e. The summed E-state index contributed by atoms with van der Waals surface area (Å²) in [6, 6.07) is 12.2. The van der Waals surface area contributed by atoms with Crippen LogP contribution in [-0.4, -0.2) is 36.0 Å². The van der Waals surface area contributed by atoms with Crippen LogP contribution in [0.4, 0.5) is 0 Å². The van der Waals surface area contributed by atoms with Gasteiger partial charge in [0.05, 0.1) is 12.6 Å². The van der Waals surface area contributed by atoms with E-state index < -0.39 is 0 Å². The van der Waals surface area contributed by atoms with Gasteiger partial charge in [-0.05, 0) is 54.8 Å². The summed E-state index contributed by atoms with van der Waals surface area (Å²) in [6.45, 7) is 2.33. The van der Waals surface area contributed by atoms with Crippen LogP contribution in [0.15, 0.2) is 41.8 Å². The van der Waals surface area contributed by atoms with Gasteiger partial charge in [0.15, 0.2) is 0 Å². The van der Waals surface area contributed by atoms with Crippen molar-refractivity contribution < 1.29 is 9.53 Å². The van der Waals surface area contributed by atoms with E-state index in [1.807, 2.05) is 41.7 Å². The van der Waals surface area contributed by atoms with Gasteiger partial charge in [0.2, 0.25) is 5.91 Å². The van der Waals surface area contributed by atoms with Crippen molar-refractivity contribution in [1.82, 2.24) is 10.2 Å². The van der Waals surface area contributed by atoms with Crippen molar-refractivity contribution in [2.24, 2.45) is 0 Å². The Morgan fingerprint density at radius 1 is 1.24 bits per heavy atom. The van der Waals surface area contributed by atoms with Gasteiger partial charge in [-0.25, -0.2) is 0 Å². The molecule has 1 fully saturated rings. The second kappa shape index (κ2) is 7.58. The Labute approximate surface area is 152 Å². The lowest BCUT2D eigenvalue weighted by Gasteiger charge is -2.28. The van der Waals surface area contributed by atoms with Crippen LogP contribution in [-0.2, 0) is 17.8 Å². The van der Waals surface area contributed by atoms with Crippen LogP contribution in [0, 0.1) is 0 Å². The van der Waals surface area contributed by atoms with E-state index >= 15 is 0 Å². The van der Waals surface area contributed by atoms with Crippen molar-refractivity contribution in [3.05, 3.63) is 52.2 Å². The average molecular weight is 356 g/mol. The van der Waals surface area contributed by atoms with Gasteiger partial charge < -0.3 is 10.1 Å². The number of hydrogen-bond donors (Lipinski definition) is 1. The molecule has 1 aromatic carbocycles. The second-order valence-corrected chi connectivity index (χ2v) is 7.90. The van der Waals surface area contributed by atoms with E-state index in [0.29, 0.717) is 6.54 Å². The molecule has 1 aromatic heterocycles. The lowest BCUT2D eigenvalue weighted by atomic mass is 10.1. The van der Waals surface area contributed by atoms with Crippen LogP contribution in [0.5, 0.6) is 5.75 Å². The molecule has 0 radical (unpaired) electrons. The maximum absolute atomic E-state index is 12.5. The number of thiophene rings is 1. The summed E-state index contributed by atoms with van der Waals surface area (Å²) in [5, 5.41) is 5.36. The van der Waals surface area contributed by atoms with Crippen LogP contribution in [0.25, 0.3) is 0 Å². The molecule has 2 heterocycles. The number of carbonyl (C=O) groups excluding carboxylic acids is 1. The number of rotatable bonds is 5. The van der Waals surface area contributed by atoms with Gasteiger partial charge in [-0.2, -0.15) is 0 Å². The zero-order valence-electron chi connectivity index (χ0n) is 14.3. The minimum absolute atomic E-state index is 0.0798. The average Bonchev–Trinajstić information content (AvgIpc) is 3.25. The van der Waals surface area contributed by atoms with Crippen molar-refractivity contribution in [2.45, 2.75) is 44.4 Å². The molecule has 1 aliphatic carbocycles. The minimum atomic E-state index is 0.0798. The van der Waals surface area contributed by atoms with E-state index in [-0.39, 0.29) is 18.1 Å². The number of nitrogens with one attached hydrogen (secondary N) is 1. The molecule has 4 nitrogen and oxygen atoms in total. The first kappa shape index (κ1) is 16.6. The maximum Gasteiger partial charge on any atom is 0.234 e. The van der Waals surface area contributed by atoms with Gasteiger partial charge in [0.25, 0.3) is 0 Å². The standard InChI is InChI=1S/C20H24N2O2S/c23-20(14-22-11-9-19-15(13-22)10-12-25-19)21-17-7-4-8-18(17)24-16-5-2-1-3-6-16/h1-3,5-6,10,12,17-18H,4,7-9,11,13-14H2,(H,21,23)/t17-,18-/m0/s1. The van der Waals surface area contributed by atoms with E-state index in [2.05, 4.69) is 21.7 Å². The molecule has 25 heavy (non-hydrogen) atoms. The van der Waals surface area contributed by atoms with E-state index in [1.54, 1.807) is 0 Å². The molecular formula is C20H24N2O2S. The zero-order chi connectivity index (χ0) is 17.1.